The van der Waals surface area contributed by atoms with Crippen LogP contribution in [0.1, 0.15) is 11.1 Å². The summed E-state index contributed by atoms with van der Waals surface area (Å²) in [5.41, 5.74) is 1.95. The Balaban J connectivity index is 1.66. The maximum atomic E-state index is 13.7. The number of imide groups is 1. The second-order valence-electron chi connectivity index (χ2n) is 7.25. The van der Waals surface area contributed by atoms with Crippen molar-refractivity contribution in [2.24, 2.45) is 0 Å². The molecule has 0 saturated heterocycles. The number of methoxy groups -OCH3 is 1. The number of benzene rings is 3. The molecule has 0 aromatic heterocycles. The summed E-state index contributed by atoms with van der Waals surface area (Å²) < 4.78 is 32.0. The van der Waals surface area contributed by atoms with Crippen LogP contribution in [0.3, 0.4) is 0 Å². The van der Waals surface area contributed by atoms with E-state index < -0.39 is 17.6 Å². The van der Waals surface area contributed by atoms with Gasteiger partial charge in [0.2, 0.25) is 0 Å². The zero-order chi connectivity index (χ0) is 22.7. The topological polar surface area (TPSA) is 58.6 Å². The summed E-state index contributed by atoms with van der Waals surface area (Å²) in [7, 11) is 1.53. The molecule has 0 fully saturated rings. The van der Waals surface area contributed by atoms with Crippen LogP contribution in [0.4, 0.5) is 14.5 Å². The van der Waals surface area contributed by atoms with E-state index in [4.69, 9.17) is 4.74 Å². The second-order valence-corrected chi connectivity index (χ2v) is 7.25. The largest absolute Gasteiger partial charge is 0.497 e. The number of rotatable bonds is 7. The van der Waals surface area contributed by atoms with Crippen LogP contribution in [0.15, 0.2) is 78.5 Å². The lowest BCUT2D eigenvalue weighted by Gasteiger charge is -2.15. The van der Waals surface area contributed by atoms with Crippen molar-refractivity contribution in [3.63, 3.8) is 0 Å². The first-order valence-corrected chi connectivity index (χ1v) is 9.98. The summed E-state index contributed by atoms with van der Waals surface area (Å²) in [6.07, 6.45) is 0.376. The van der Waals surface area contributed by atoms with Gasteiger partial charge in [0.25, 0.3) is 11.8 Å². The highest BCUT2D eigenvalue weighted by Crippen LogP contribution is 2.31. The van der Waals surface area contributed by atoms with Crippen LogP contribution < -0.4 is 10.1 Å². The number of hydrogen-bond acceptors (Lipinski definition) is 4. The SMILES string of the molecule is COc1ccc(C2=C(Nc3cccc(F)c3)C(=O)N(CCc3ccc(F)cc3)C2=O)cc1. The highest BCUT2D eigenvalue weighted by molar-refractivity contribution is 6.36. The van der Waals surface area contributed by atoms with Gasteiger partial charge in [-0.3, -0.25) is 14.5 Å². The average Bonchev–Trinajstić information content (AvgIpc) is 3.02. The first-order valence-electron chi connectivity index (χ1n) is 9.98. The third kappa shape index (κ3) is 4.37. The van der Waals surface area contributed by atoms with E-state index in [1.807, 2.05) is 0 Å². The molecule has 4 rings (SSSR count). The molecule has 0 radical (unpaired) electrons. The van der Waals surface area contributed by atoms with Crippen LogP contribution in [0.2, 0.25) is 0 Å². The molecule has 1 N–H and O–H groups in total. The molecule has 5 nitrogen and oxygen atoms in total. The van der Waals surface area contributed by atoms with Crippen LogP contribution in [0.25, 0.3) is 5.57 Å². The van der Waals surface area contributed by atoms with Gasteiger partial charge in [0, 0.05) is 12.2 Å². The quantitative estimate of drug-likeness (QED) is 0.560. The minimum absolute atomic E-state index is 0.0740. The molecule has 0 saturated carbocycles. The Morgan fingerprint density at radius 1 is 0.875 bits per heavy atom. The van der Waals surface area contributed by atoms with Crippen molar-refractivity contribution < 1.29 is 23.1 Å². The number of amides is 2. The lowest BCUT2D eigenvalue weighted by atomic mass is 10.0. The van der Waals surface area contributed by atoms with Crippen LogP contribution in [-0.2, 0) is 16.0 Å². The van der Waals surface area contributed by atoms with Gasteiger partial charge in [-0.15, -0.1) is 0 Å². The van der Waals surface area contributed by atoms with E-state index in [0.717, 1.165) is 10.5 Å². The molecule has 0 bridgehead atoms. The number of hydrogen-bond donors (Lipinski definition) is 1. The average molecular weight is 434 g/mol. The fraction of sp³-hybridized carbons (Fsp3) is 0.120. The molecule has 0 unspecified atom stereocenters. The Labute approximate surface area is 183 Å². The Kier molecular flexibility index (Phi) is 5.98. The number of nitrogens with one attached hydrogen (secondary N) is 1. The number of carbonyl (C=O) groups excluding carboxylic acids is 2. The van der Waals surface area contributed by atoms with Crippen LogP contribution in [0, 0.1) is 11.6 Å². The van der Waals surface area contributed by atoms with Gasteiger partial charge < -0.3 is 10.1 Å². The summed E-state index contributed by atoms with van der Waals surface area (Å²) in [5, 5.41) is 2.92. The van der Waals surface area contributed by atoms with Gasteiger partial charge in [-0.2, -0.15) is 0 Å². The first kappa shape index (κ1) is 21.2. The molecule has 0 aliphatic carbocycles. The van der Waals surface area contributed by atoms with Gasteiger partial charge in [-0.25, -0.2) is 8.78 Å². The number of halogens is 2. The molecule has 7 heteroatoms. The lowest BCUT2D eigenvalue weighted by Crippen LogP contribution is -2.34. The first-order chi connectivity index (χ1) is 15.5. The van der Waals surface area contributed by atoms with Gasteiger partial charge in [-0.1, -0.05) is 30.3 Å². The van der Waals surface area contributed by atoms with Crippen molar-refractivity contribution in [2.45, 2.75) is 6.42 Å². The van der Waals surface area contributed by atoms with Gasteiger partial charge in [-0.05, 0) is 60.0 Å². The minimum atomic E-state index is -0.507. The van der Waals surface area contributed by atoms with Crippen molar-refractivity contribution in [3.05, 3.63) is 101 Å². The molecule has 32 heavy (non-hydrogen) atoms. The van der Waals surface area contributed by atoms with E-state index in [9.17, 15) is 18.4 Å². The van der Waals surface area contributed by atoms with E-state index in [0.29, 0.717) is 23.4 Å². The van der Waals surface area contributed by atoms with Crippen LogP contribution >= 0.6 is 0 Å². The van der Waals surface area contributed by atoms with Crippen LogP contribution in [-0.4, -0.2) is 30.4 Å². The van der Waals surface area contributed by atoms with Crippen LogP contribution in [0.5, 0.6) is 5.75 Å². The third-order valence-electron chi connectivity index (χ3n) is 5.18. The predicted octanol–water partition coefficient (Wildman–Crippen LogP) is 4.41. The zero-order valence-corrected chi connectivity index (χ0v) is 17.3. The van der Waals surface area contributed by atoms with Crippen molar-refractivity contribution in [1.29, 1.82) is 0 Å². The molecular weight excluding hydrogens is 414 g/mol. The molecular formula is C25H20F2N2O3. The summed E-state index contributed by atoms with van der Waals surface area (Å²) in [6.45, 7) is 0.122. The molecule has 1 aliphatic heterocycles. The molecule has 162 valence electrons. The van der Waals surface area contributed by atoms with E-state index in [1.54, 1.807) is 42.5 Å². The normalized spacial score (nSPS) is 13.7. The van der Waals surface area contributed by atoms with E-state index in [-0.39, 0.29) is 23.6 Å². The van der Waals surface area contributed by atoms with Gasteiger partial charge in [0.15, 0.2) is 0 Å². The van der Waals surface area contributed by atoms with Crippen molar-refractivity contribution in [1.82, 2.24) is 4.90 Å². The van der Waals surface area contributed by atoms with Gasteiger partial charge >= 0.3 is 0 Å². The molecule has 2 amide bonds. The summed E-state index contributed by atoms with van der Waals surface area (Å²) >= 11 is 0. The van der Waals surface area contributed by atoms with Crippen molar-refractivity contribution >= 4 is 23.1 Å². The summed E-state index contributed by atoms with van der Waals surface area (Å²) in [4.78, 5) is 27.6. The van der Waals surface area contributed by atoms with Crippen molar-refractivity contribution in [2.75, 3.05) is 19.0 Å². The smallest absolute Gasteiger partial charge is 0.278 e. The molecule has 1 heterocycles. The predicted molar refractivity (Wildman–Crippen MR) is 117 cm³/mol. The fourth-order valence-corrected chi connectivity index (χ4v) is 3.52. The Morgan fingerprint density at radius 2 is 1.59 bits per heavy atom. The maximum absolute atomic E-state index is 13.7. The zero-order valence-electron chi connectivity index (χ0n) is 17.3. The highest BCUT2D eigenvalue weighted by Gasteiger charge is 2.39. The van der Waals surface area contributed by atoms with E-state index in [1.165, 1.54) is 37.4 Å². The summed E-state index contributed by atoms with van der Waals surface area (Å²) in [6, 6.07) is 18.3. The van der Waals surface area contributed by atoms with Gasteiger partial charge in [0.05, 0.1) is 12.7 Å². The van der Waals surface area contributed by atoms with Crippen molar-refractivity contribution in [3.8, 4) is 5.75 Å². The Bertz CT molecular complexity index is 1190. The highest BCUT2D eigenvalue weighted by atomic mass is 19.1. The number of anilines is 1. The summed E-state index contributed by atoms with van der Waals surface area (Å²) in [5.74, 6) is -1.18. The molecule has 3 aromatic rings. The molecule has 0 spiro atoms. The standard InChI is InChI=1S/C25H20F2N2O3/c1-32-21-11-7-17(8-12-21)22-23(28-20-4-2-3-19(27)15-20)25(31)29(24(22)30)14-13-16-5-9-18(26)10-6-16/h2-12,15,28H,13-14H2,1H3. The molecule has 1 aliphatic rings. The Hall–Kier alpha value is -4.00. The second kappa shape index (κ2) is 9.01. The van der Waals surface area contributed by atoms with E-state index in [2.05, 4.69) is 5.32 Å². The number of carbonyl (C=O) groups is 2. The van der Waals surface area contributed by atoms with Gasteiger partial charge in [0.1, 0.15) is 23.1 Å². The maximum Gasteiger partial charge on any atom is 0.278 e. The fourth-order valence-electron chi connectivity index (χ4n) is 3.52. The monoisotopic (exact) mass is 434 g/mol. The lowest BCUT2D eigenvalue weighted by molar-refractivity contribution is -0.136. The third-order valence-corrected chi connectivity index (χ3v) is 5.18. The molecule has 0 atom stereocenters. The number of nitrogens with zero attached hydrogens (tertiary/aromatic N) is 1. The minimum Gasteiger partial charge on any atom is -0.497 e. The van der Waals surface area contributed by atoms with E-state index >= 15 is 0 Å². The Morgan fingerprint density at radius 3 is 2.25 bits per heavy atom. The molecule has 3 aromatic carbocycles. The number of ether oxygens (including phenoxy) is 1.